The lowest BCUT2D eigenvalue weighted by Gasteiger charge is -2.12. The monoisotopic (exact) mass is 301 g/mol. The first-order valence-corrected chi connectivity index (χ1v) is 7.94. The molecule has 0 aliphatic carbocycles. The van der Waals surface area contributed by atoms with Gasteiger partial charge in [-0.25, -0.2) is 18.4 Å². The van der Waals surface area contributed by atoms with E-state index in [2.05, 4.69) is 0 Å². The summed E-state index contributed by atoms with van der Waals surface area (Å²) < 4.78 is 32.1. The molecular formula is C13H19NO5S. The molecule has 1 aromatic carbocycles. The Kier molecular flexibility index (Phi) is 5.97. The van der Waals surface area contributed by atoms with E-state index in [1.165, 1.54) is 0 Å². The van der Waals surface area contributed by atoms with Crippen LogP contribution in [0.25, 0.3) is 0 Å². The molecule has 0 saturated carbocycles. The molecule has 0 amide bonds. The van der Waals surface area contributed by atoms with Crippen molar-refractivity contribution in [2.75, 3.05) is 19.0 Å². The van der Waals surface area contributed by atoms with Gasteiger partial charge in [0.15, 0.2) is 0 Å². The standard InChI is InChI=1S/C13H19NO5S/c1-3-18-13(15)11-4-6-12(7-5-11)19-8-10(2)9-20(14,16)17/h4-7,10H,3,8-9H2,1-2H3,(H2,14,16,17). The number of primary sulfonamides is 1. The zero-order valence-electron chi connectivity index (χ0n) is 11.5. The van der Waals surface area contributed by atoms with Crippen LogP contribution in [0, 0.1) is 5.92 Å². The van der Waals surface area contributed by atoms with Gasteiger partial charge in [0, 0.05) is 5.92 Å². The minimum absolute atomic E-state index is 0.131. The van der Waals surface area contributed by atoms with Crippen LogP contribution in [0.4, 0.5) is 0 Å². The predicted molar refractivity (Wildman–Crippen MR) is 75.0 cm³/mol. The molecule has 0 radical (unpaired) electrons. The predicted octanol–water partition coefficient (Wildman–Crippen LogP) is 1.17. The lowest BCUT2D eigenvalue weighted by Crippen LogP contribution is -2.25. The van der Waals surface area contributed by atoms with E-state index in [4.69, 9.17) is 14.6 Å². The van der Waals surface area contributed by atoms with E-state index >= 15 is 0 Å². The molecule has 1 unspecified atom stereocenters. The summed E-state index contributed by atoms with van der Waals surface area (Å²) in [6.07, 6.45) is 0. The van der Waals surface area contributed by atoms with Gasteiger partial charge in [0.2, 0.25) is 10.0 Å². The summed E-state index contributed by atoms with van der Waals surface area (Å²) in [5, 5.41) is 4.95. The maximum atomic E-state index is 11.4. The van der Waals surface area contributed by atoms with Gasteiger partial charge >= 0.3 is 5.97 Å². The molecule has 20 heavy (non-hydrogen) atoms. The van der Waals surface area contributed by atoms with Crippen LogP contribution in [0.5, 0.6) is 5.75 Å². The Labute approximate surface area is 118 Å². The fraction of sp³-hybridized carbons (Fsp3) is 0.462. The van der Waals surface area contributed by atoms with Gasteiger partial charge in [0.25, 0.3) is 0 Å². The zero-order chi connectivity index (χ0) is 15.2. The molecular weight excluding hydrogens is 282 g/mol. The Morgan fingerprint density at radius 1 is 1.30 bits per heavy atom. The minimum atomic E-state index is -3.49. The van der Waals surface area contributed by atoms with Crippen LogP contribution in [0.15, 0.2) is 24.3 Å². The molecule has 0 aliphatic heterocycles. The molecule has 112 valence electrons. The van der Waals surface area contributed by atoms with Gasteiger partial charge in [-0.15, -0.1) is 0 Å². The van der Waals surface area contributed by atoms with Crippen LogP contribution in [-0.2, 0) is 14.8 Å². The average molecular weight is 301 g/mol. The molecule has 0 aromatic heterocycles. The summed E-state index contributed by atoms with van der Waals surface area (Å²) in [5.41, 5.74) is 0.441. The summed E-state index contributed by atoms with van der Waals surface area (Å²) >= 11 is 0. The van der Waals surface area contributed by atoms with E-state index < -0.39 is 10.0 Å². The Hall–Kier alpha value is -1.60. The van der Waals surface area contributed by atoms with Crippen molar-refractivity contribution in [1.82, 2.24) is 0 Å². The van der Waals surface area contributed by atoms with Crippen LogP contribution in [0.3, 0.4) is 0 Å². The smallest absolute Gasteiger partial charge is 0.338 e. The van der Waals surface area contributed by atoms with E-state index in [0.29, 0.717) is 17.9 Å². The van der Waals surface area contributed by atoms with Gasteiger partial charge in [-0.05, 0) is 31.2 Å². The number of sulfonamides is 1. The highest BCUT2D eigenvalue weighted by Gasteiger charge is 2.12. The van der Waals surface area contributed by atoms with Gasteiger partial charge in [0.05, 0.1) is 24.5 Å². The summed E-state index contributed by atoms with van der Waals surface area (Å²) in [6.45, 7) is 4.02. The van der Waals surface area contributed by atoms with Gasteiger partial charge in [-0.3, -0.25) is 0 Å². The van der Waals surface area contributed by atoms with Gasteiger partial charge in [0.1, 0.15) is 5.75 Å². The second-order valence-electron chi connectivity index (χ2n) is 4.49. The normalized spacial score (nSPS) is 12.8. The van der Waals surface area contributed by atoms with Gasteiger partial charge in [-0.2, -0.15) is 0 Å². The maximum absolute atomic E-state index is 11.4. The Morgan fingerprint density at radius 3 is 2.40 bits per heavy atom. The van der Waals surface area contributed by atoms with E-state index in [0.717, 1.165) is 0 Å². The molecule has 0 aliphatic rings. The van der Waals surface area contributed by atoms with E-state index in [1.807, 2.05) is 0 Å². The first-order valence-electron chi connectivity index (χ1n) is 6.22. The molecule has 1 aromatic rings. The molecule has 7 heteroatoms. The summed E-state index contributed by atoms with van der Waals surface area (Å²) in [5.74, 6) is -0.177. The lowest BCUT2D eigenvalue weighted by molar-refractivity contribution is 0.0526. The number of ether oxygens (including phenoxy) is 2. The van der Waals surface area contributed by atoms with Crippen molar-refractivity contribution in [2.45, 2.75) is 13.8 Å². The summed E-state index contributed by atoms with van der Waals surface area (Å²) in [7, 11) is -3.49. The number of esters is 1. The molecule has 2 N–H and O–H groups in total. The molecule has 0 spiro atoms. The maximum Gasteiger partial charge on any atom is 0.338 e. The Bertz CT molecular complexity index is 538. The second kappa shape index (κ2) is 7.25. The van der Waals surface area contributed by atoms with Crippen molar-refractivity contribution < 1.29 is 22.7 Å². The van der Waals surface area contributed by atoms with E-state index in [9.17, 15) is 13.2 Å². The molecule has 1 rings (SSSR count). The number of benzene rings is 1. The third kappa shape index (κ3) is 6.03. The van der Waals surface area contributed by atoms with Crippen molar-refractivity contribution in [3.8, 4) is 5.75 Å². The van der Waals surface area contributed by atoms with Crippen LogP contribution in [0.2, 0.25) is 0 Å². The molecule has 0 heterocycles. The van der Waals surface area contributed by atoms with Gasteiger partial charge < -0.3 is 9.47 Å². The zero-order valence-corrected chi connectivity index (χ0v) is 12.4. The number of carbonyl (C=O) groups excluding carboxylic acids is 1. The fourth-order valence-corrected chi connectivity index (χ4v) is 2.47. The molecule has 0 saturated heterocycles. The van der Waals surface area contributed by atoms with Crippen LogP contribution in [-0.4, -0.2) is 33.4 Å². The topological polar surface area (TPSA) is 95.7 Å². The SMILES string of the molecule is CCOC(=O)c1ccc(OCC(C)CS(N)(=O)=O)cc1. The lowest BCUT2D eigenvalue weighted by atomic mass is 10.2. The molecule has 0 bridgehead atoms. The number of rotatable bonds is 7. The molecule has 1 atom stereocenters. The van der Waals surface area contributed by atoms with Crippen molar-refractivity contribution in [2.24, 2.45) is 11.1 Å². The Balaban J connectivity index is 2.52. The van der Waals surface area contributed by atoms with Crippen LogP contribution < -0.4 is 9.88 Å². The van der Waals surface area contributed by atoms with Crippen LogP contribution in [0.1, 0.15) is 24.2 Å². The van der Waals surface area contributed by atoms with Crippen molar-refractivity contribution in [3.63, 3.8) is 0 Å². The highest BCUT2D eigenvalue weighted by atomic mass is 32.2. The number of hydrogen-bond acceptors (Lipinski definition) is 5. The highest BCUT2D eigenvalue weighted by Crippen LogP contribution is 2.14. The third-order valence-corrected chi connectivity index (χ3v) is 3.45. The van der Waals surface area contributed by atoms with Crippen LogP contribution >= 0.6 is 0 Å². The first-order chi connectivity index (χ1) is 9.31. The average Bonchev–Trinajstić information content (AvgIpc) is 2.35. The number of hydrogen-bond donors (Lipinski definition) is 1. The minimum Gasteiger partial charge on any atom is -0.493 e. The Morgan fingerprint density at radius 2 is 1.90 bits per heavy atom. The molecule has 6 nitrogen and oxygen atoms in total. The highest BCUT2D eigenvalue weighted by molar-refractivity contribution is 7.89. The number of nitrogens with two attached hydrogens (primary N) is 1. The molecule has 0 fully saturated rings. The van der Waals surface area contributed by atoms with Gasteiger partial charge in [-0.1, -0.05) is 6.92 Å². The van der Waals surface area contributed by atoms with E-state index in [1.54, 1.807) is 38.1 Å². The van der Waals surface area contributed by atoms with Crippen molar-refractivity contribution in [3.05, 3.63) is 29.8 Å². The van der Waals surface area contributed by atoms with Crippen molar-refractivity contribution in [1.29, 1.82) is 0 Å². The largest absolute Gasteiger partial charge is 0.493 e. The van der Waals surface area contributed by atoms with E-state index in [-0.39, 0.29) is 24.2 Å². The summed E-state index contributed by atoms with van der Waals surface area (Å²) in [6, 6.07) is 6.46. The third-order valence-electron chi connectivity index (χ3n) is 2.42. The summed E-state index contributed by atoms with van der Waals surface area (Å²) in [4.78, 5) is 11.4. The second-order valence-corrected chi connectivity index (χ2v) is 6.15. The quantitative estimate of drug-likeness (QED) is 0.763. The number of carbonyl (C=O) groups is 1. The van der Waals surface area contributed by atoms with Crippen molar-refractivity contribution >= 4 is 16.0 Å². The first kappa shape index (κ1) is 16.5. The fourth-order valence-electron chi connectivity index (χ4n) is 1.58.